The van der Waals surface area contributed by atoms with Crippen LogP contribution < -0.4 is 5.73 Å². The summed E-state index contributed by atoms with van der Waals surface area (Å²) in [5.74, 6) is 0.830. The molecule has 0 saturated heterocycles. The summed E-state index contributed by atoms with van der Waals surface area (Å²) in [4.78, 5) is 14.0. The predicted molar refractivity (Wildman–Crippen MR) is 69.2 cm³/mol. The van der Waals surface area contributed by atoms with E-state index in [1.807, 2.05) is 4.90 Å². The van der Waals surface area contributed by atoms with Gasteiger partial charge in [-0.05, 0) is 39.2 Å². The Morgan fingerprint density at radius 2 is 1.75 bits per heavy atom. The molecule has 0 radical (unpaired) electrons. The van der Waals surface area contributed by atoms with Crippen LogP contribution in [0, 0.1) is 5.92 Å². The first-order valence-electron chi connectivity index (χ1n) is 6.48. The van der Waals surface area contributed by atoms with Gasteiger partial charge in [0.05, 0.1) is 0 Å². The molecule has 16 heavy (non-hydrogen) atoms. The minimum absolute atomic E-state index is 0.292. The van der Waals surface area contributed by atoms with Crippen molar-refractivity contribution in [3.05, 3.63) is 0 Å². The molecule has 96 valence electrons. The molecule has 0 aromatic carbocycles. The normalized spacial score (nSPS) is 11.2. The van der Waals surface area contributed by atoms with Gasteiger partial charge in [0.25, 0.3) is 0 Å². The Balaban J connectivity index is 3.97. The van der Waals surface area contributed by atoms with E-state index in [0.29, 0.717) is 24.3 Å². The molecule has 0 aromatic heterocycles. The van der Waals surface area contributed by atoms with Crippen molar-refractivity contribution in [2.24, 2.45) is 11.7 Å². The number of nitrogens with two attached hydrogens (primary N) is 1. The Morgan fingerprint density at radius 3 is 2.19 bits per heavy atom. The molecule has 0 aliphatic rings. The van der Waals surface area contributed by atoms with Gasteiger partial charge in [0.1, 0.15) is 0 Å². The first-order chi connectivity index (χ1) is 7.49. The zero-order valence-corrected chi connectivity index (χ0v) is 11.3. The van der Waals surface area contributed by atoms with Crippen LogP contribution in [0.5, 0.6) is 0 Å². The van der Waals surface area contributed by atoms with E-state index in [1.54, 1.807) is 0 Å². The van der Waals surface area contributed by atoms with E-state index in [0.717, 1.165) is 32.4 Å². The number of amides is 1. The highest BCUT2D eigenvalue weighted by molar-refractivity contribution is 5.76. The van der Waals surface area contributed by atoms with Gasteiger partial charge >= 0.3 is 0 Å². The molecular weight excluding hydrogens is 200 g/mol. The number of unbranched alkanes of at least 4 members (excludes halogenated alkanes) is 2. The molecule has 1 amide bonds. The number of rotatable bonds is 8. The lowest BCUT2D eigenvalue weighted by molar-refractivity contribution is -0.133. The van der Waals surface area contributed by atoms with E-state index in [9.17, 15) is 4.79 Å². The molecule has 0 fully saturated rings. The van der Waals surface area contributed by atoms with E-state index in [-0.39, 0.29) is 0 Å². The monoisotopic (exact) mass is 228 g/mol. The van der Waals surface area contributed by atoms with Crippen molar-refractivity contribution in [1.29, 1.82) is 0 Å². The SMILES string of the molecule is CC(C)CN(C(=O)CCCCCN)C(C)C. The van der Waals surface area contributed by atoms with Crippen molar-refractivity contribution >= 4 is 5.91 Å². The Hall–Kier alpha value is -0.570. The average molecular weight is 228 g/mol. The summed E-state index contributed by atoms with van der Waals surface area (Å²) in [5, 5.41) is 0. The fourth-order valence-corrected chi connectivity index (χ4v) is 1.73. The second-order valence-corrected chi connectivity index (χ2v) is 5.13. The highest BCUT2D eigenvalue weighted by atomic mass is 16.2. The summed E-state index contributed by atoms with van der Waals surface area (Å²) in [6.07, 6.45) is 3.73. The first-order valence-corrected chi connectivity index (χ1v) is 6.48. The maximum atomic E-state index is 12.0. The third kappa shape index (κ3) is 6.83. The van der Waals surface area contributed by atoms with Gasteiger partial charge in [0.15, 0.2) is 0 Å². The van der Waals surface area contributed by atoms with Crippen molar-refractivity contribution in [2.45, 2.75) is 59.4 Å². The van der Waals surface area contributed by atoms with E-state index in [1.165, 1.54) is 0 Å². The first kappa shape index (κ1) is 15.4. The van der Waals surface area contributed by atoms with Gasteiger partial charge in [-0.25, -0.2) is 0 Å². The van der Waals surface area contributed by atoms with Crippen molar-refractivity contribution in [3.63, 3.8) is 0 Å². The standard InChI is InChI=1S/C13H28N2O/c1-11(2)10-15(12(3)4)13(16)8-6-5-7-9-14/h11-12H,5-10,14H2,1-4H3. The van der Waals surface area contributed by atoms with Crippen molar-refractivity contribution in [1.82, 2.24) is 4.90 Å². The molecule has 0 aliphatic heterocycles. The number of carbonyl (C=O) groups is 1. The second-order valence-electron chi connectivity index (χ2n) is 5.13. The molecule has 3 heteroatoms. The van der Waals surface area contributed by atoms with Gasteiger partial charge in [0.2, 0.25) is 5.91 Å². The summed E-state index contributed by atoms with van der Waals surface area (Å²) in [5.41, 5.74) is 5.42. The third-order valence-corrected chi connectivity index (χ3v) is 2.60. The molecule has 0 aliphatic carbocycles. The van der Waals surface area contributed by atoms with Crippen LogP contribution in [0.1, 0.15) is 53.4 Å². The third-order valence-electron chi connectivity index (χ3n) is 2.60. The van der Waals surface area contributed by atoms with Gasteiger partial charge in [-0.15, -0.1) is 0 Å². The van der Waals surface area contributed by atoms with Gasteiger partial charge in [-0.1, -0.05) is 20.3 Å². The summed E-state index contributed by atoms with van der Waals surface area (Å²) < 4.78 is 0. The zero-order chi connectivity index (χ0) is 12.6. The molecule has 0 spiro atoms. The summed E-state index contributed by atoms with van der Waals surface area (Å²) in [7, 11) is 0. The lowest BCUT2D eigenvalue weighted by Crippen LogP contribution is -2.39. The van der Waals surface area contributed by atoms with E-state index in [2.05, 4.69) is 27.7 Å². The topological polar surface area (TPSA) is 46.3 Å². The maximum absolute atomic E-state index is 12.0. The number of nitrogens with zero attached hydrogens (tertiary/aromatic N) is 1. The predicted octanol–water partition coefficient (Wildman–Crippen LogP) is 2.40. The molecule has 0 atom stereocenters. The van der Waals surface area contributed by atoms with Crippen LogP contribution in [-0.4, -0.2) is 29.9 Å². The van der Waals surface area contributed by atoms with Crippen LogP contribution in [0.2, 0.25) is 0 Å². The second kappa shape index (κ2) is 8.57. The van der Waals surface area contributed by atoms with E-state index < -0.39 is 0 Å². The Kier molecular flexibility index (Phi) is 8.26. The Labute approximate surface area is 100 Å². The van der Waals surface area contributed by atoms with Crippen molar-refractivity contribution < 1.29 is 4.79 Å². The summed E-state index contributed by atoms with van der Waals surface area (Å²) in [6, 6.07) is 0.310. The van der Waals surface area contributed by atoms with Crippen LogP contribution in [-0.2, 0) is 4.79 Å². The Morgan fingerprint density at radius 1 is 1.12 bits per heavy atom. The largest absolute Gasteiger partial charge is 0.340 e. The lowest BCUT2D eigenvalue weighted by Gasteiger charge is -2.28. The molecule has 0 unspecified atom stereocenters. The number of hydrogen-bond acceptors (Lipinski definition) is 2. The number of carbonyl (C=O) groups excluding carboxylic acids is 1. The Bertz CT molecular complexity index is 190. The van der Waals surface area contributed by atoms with Crippen molar-refractivity contribution in [3.8, 4) is 0 Å². The van der Waals surface area contributed by atoms with Gasteiger partial charge in [-0.2, -0.15) is 0 Å². The summed E-state index contributed by atoms with van der Waals surface area (Å²) in [6.45, 7) is 10.1. The van der Waals surface area contributed by atoms with Crippen LogP contribution in [0.4, 0.5) is 0 Å². The molecule has 0 heterocycles. The van der Waals surface area contributed by atoms with Crippen LogP contribution in [0.3, 0.4) is 0 Å². The fourth-order valence-electron chi connectivity index (χ4n) is 1.73. The molecule has 2 N–H and O–H groups in total. The van der Waals surface area contributed by atoms with Crippen LogP contribution >= 0.6 is 0 Å². The van der Waals surface area contributed by atoms with Gasteiger partial charge < -0.3 is 10.6 Å². The molecule has 3 nitrogen and oxygen atoms in total. The van der Waals surface area contributed by atoms with E-state index >= 15 is 0 Å². The van der Waals surface area contributed by atoms with Crippen molar-refractivity contribution in [2.75, 3.05) is 13.1 Å². The molecule has 0 rings (SSSR count). The van der Waals surface area contributed by atoms with Gasteiger partial charge in [-0.3, -0.25) is 4.79 Å². The minimum atomic E-state index is 0.292. The zero-order valence-electron chi connectivity index (χ0n) is 11.3. The van der Waals surface area contributed by atoms with E-state index in [4.69, 9.17) is 5.73 Å². The van der Waals surface area contributed by atoms with Crippen LogP contribution in [0.25, 0.3) is 0 Å². The molecule has 0 aromatic rings. The highest BCUT2D eigenvalue weighted by Gasteiger charge is 2.17. The molecule has 0 saturated carbocycles. The average Bonchev–Trinajstić information content (AvgIpc) is 2.20. The van der Waals surface area contributed by atoms with Crippen LogP contribution in [0.15, 0.2) is 0 Å². The summed E-state index contributed by atoms with van der Waals surface area (Å²) >= 11 is 0. The quantitative estimate of drug-likeness (QED) is 0.648. The molecular formula is C13H28N2O. The number of hydrogen-bond donors (Lipinski definition) is 1. The smallest absolute Gasteiger partial charge is 0.222 e. The fraction of sp³-hybridized carbons (Fsp3) is 0.923. The van der Waals surface area contributed by atoms with Gasteiger partial charge in [0, 0.05) is 19.0 Å². The molecule has 0 bridgehead atoms. The minimum Gasteiger partial charge on any atom is -0.340 e. The maximum Gasteiger partial charge on any atom is 0.222 e. The lowest BCUT2D eigenvalue weighted by atomic mass is 10.1. The highest BCUT2D eigenvalue weighted by Crippen LogP contribution is 2.09.